The van der Waals surface area contributed by atoms with Gasteiger partial charge in [-0.25, -0.2) is 9.59 Å². The first-order chi connectivity index (χ1) is 9.41. The average Bonchev–Trinajstić information content (AvgIpc) is 2.89. The fraction of sp³-hybridized carbons (Fsp3) is 0.867. The maximum atomic E-state index is 12.3. The Balaban J connectivity index is 1.94. The summed E-state index contributed by atoms with van der Waals surface area (Å²) >= 11 is 0. The van der Waals surface area contributed by atoms with Gasteiger partial charge in [-0.3, -0.25) is 0 Å². The largest absolute Gasteiger partial charge is 0.480 e. The van der Waals surface area contributed by atoms with Gasteiger partial charge in [-0.15, -0.1) is 0 Å². The Hall–Kier alpha value is -1.26. The summed E-state index contributed by atoms with van der Waals surface area (Å²) in [5.74, 6) is -0.890. The molecule has 2 amide bonds. The van der Waals surface area contributed by atoms with Crippen LogP contribution in [0.4, 0.5) is 4.79 Å². The Morgan fingerprint density at radius 1 is 1.15 bits per heavy atom. The Labute approximate surface area is 120 Å². The number of likely N-dealkylation sites (tertiary alicyclic amines) is 1. The minimum Gasteiger partial charge on any atom is -0.480 e. The standard InChI is InChI=1S/C15H26N2O3/c1-3-14(2)8-10-17(11-9-14)13(20)16-15(12(18)19)6-4-5-7-15/h3-11H2,1-2H3,(H,16,20)(H,18,19). The fourth-order valence-electron chi connectivity index (χ4n) is 3.26. The summed E-state index contributed by atoms with van der Waals surface area (Å²) in [7, 11) is 0. The smallest absolute Gasteiger partial charge is 0.329 e. The van der Waals surface area contributed by atoms with Crippen molar-refractivity contribution in [3.8, 4) is 0 Å². The molecule has 114 valence electrons. The van der Waals surface area contributed by atoms with Crippen molar-refractivity contribution in [2.45, 2.75) is 64.3 Å². The molecule has 0 aromatic carbocycles. The van der Waals surface area contributed by atoms with Crippen LogP contribution in [0.25, 0.3) is 0 Å². The number of urea groups is 1. The zero-order valence-electron chi connectivity index (χ0n) is 12.6. The van der Waals surface area contributed by atoms with E-state index in [1.807, 2.05) is 0 Å². The van der Waals surface area contributed by atoms with Gasteiger partial charge in [0, 0.05) is 13.1 Å². The van der Waals surface area contributed by atoms with Crippen molar-refractivity contribution in [2.75, 3.05) is 13.1 Å². The first-order valence-electron chi connectivity index (χ1n) is 7.71. The lowest BCUT2D eigenvalue weighted by Crippen LogP contribution is -2.57. The SMILES string of the molecule is CCC1(C)CCN(C(=O)NC2(C(=O)O)CCCC2)CC1. The first-order valence-corrected chi connectivity index (χ1v) is 7.71. The highest BCUT2D eigenvalue weighted by Crippen LogP contribution is 2.34. The van der Waals surface area contributed by atoms with Crippen LogP contribution in [-0.4, -0.2) is 40.6 Å². The summed E-state index contributed by atoms with van der Waals surface area (Å²) in [4.78, 5) is 25.6. The molecule has 1 aliphatic carbocycles. The Bertz CT molecular complexity index is 381. The van der Waals surface area contributed by atoms with Gasteiger partial charge in [0.1, 0.15) is 5.54 Å². The molecule has 0 radical (unpaired) electrons. The number of hydrogen-bond acceptors (Lipinski definition) is 2. The zero-order valence-corrected chi connectivity index (χ0v) is 12.6. The minimum atomic E-state index is -1.03. The second-order valence-corrected chi connectivity index (χ2v) is 6.68. The van der Waals surface area contributed by atoms with E-state index in [2.05, 4.69) is 19.2 Å². The molecule has 5 heteroatoms. The van der Waals surface area contributed by atoms with E-state index >= 15 is 0 Å². The number of aliphatic carboxylic acids is 1. The number of piperidine rings is 1. The van der Waals surface area contributed by atoms with Crippen LogP contribution in [0.5, 0.6) is 0 Å². The van der Waals surface area contributed by atoms with Crippen LogP contribution in [0, 0.1) is 5.41 Å². The quantitative estimate of drug-likeness (QED) is 0.836. The lowest BCUT2D eigenvalue weighted by Gasteiger charge is -2.40. The Kier molecular flexibility index (Phi) is 4.25. The van der Waals surface area contributed by atoms with Crippen molar-refractivity contribution >= 4 is 12.0 Å². The van der Waals surface area contributed by atoms with E-state index in [9.17, 15) is 14.7 Å². The number of carbonyl (C=O) groups excluding carboxylic acids is 1. The van der Waals surface area contributed by atoms with Crippen LogP contribution < -0.4 is 5.32 Å². The van der Waals surface area contributed by atoms with Crippen LogP contribution in [-0.2, 0) is 4.79 Å². The Morgan fingerprint density at radius 3 is 2.15 bits per heavy atom. The third-order valence-electron chi connectivity index (χ3n) is 5.32. The third kappa shape index (κ3) is 2.91. The van der Waals surface area contributed by atoms with Gasteiger partial charge in [-0.05, 0) is 31.1 Å². The zero-order chi connectivity index (χ0) is 14.8. The maximum absolute atomic E-state index is 12.3. The predicted molar refractivity (Wildman–Crippen MR) is 76.6 cm³/mol. The van der Waals surface area contributed by atoms with E-state index in [4.69, 9.17) is 0 Å². The highest BCUT2D eigenvalue weighted by atomic mass is 16.4. The van der Waals surface area contributed by atoms with Crippen LogP contribution in [0.2, 0.25) is 0 Å². The van der Waals surface area contributed by atoms with Crippen LogP contribution >= 0.6 is 0 Å². The average molecular weight is 282 g/mol. The van der Waals surface area contributed by atoms with Gasteiger partial charge in [0.05, 0.1) is 0 Å². The molecule has 0 atom stereocenters. The molecule has 0 unspecified atom stereocenters. The number of nitrogens with zero attached hydrogens (tertiary/aromatic N) is 1. The molecule has 2 aliphatic rings. The molecule has 0 aromatic heterocycles. The molecule has 1 saturated carbocycles. The van der Waals surface area contributed by atoms with Gasteiger partial charge in [-0.2, -0.15) is 0 Å². The summed E-state index contributed by atoms with van der Waals surface area (Å²) < 4.78 is 0. The van der Waals surface area contributed by atoms with E-state index in [0.717, 1.165) is 45.2 Å². The molecule has 0 aromatic rings. The monoisotopic (exact) mass is 282 g/mol. The highest BCUT2D eigenvalue weighted by Gasteiger charge is 2.44. The van der Waals surface area contributed by atoms with Crippen LogP contribution in [0.1, 0.15) is 58.8 Å². The van der Waals surface area contributed by atoms with Crippen LogP contribution in [0.3, 0.4) is 0 Å². The number of carboxylic acids is 1. The van der Waals surface area contributed by atoms with E-state index in [0.29, 0.717) is 18.3 Å². The van der Waals surface area contributed by atoms with Gasteiger partial charge >= 0.3 is 12.0 Å². The molecular weight excluding hydrogens is 256 g/mol. The molecule has 2 rings (SSSR count). The molecule has 5 nitrogen and oxygen atoms in total. The number of rotatable bonds is 3. The third-order valence-corrected chi connectivity index (χ3v) is 5.32. The van der Waals surface area contributed by atoms with E-state index in [1.165, 1.54) is 0 Å². The number of carboxylic acid groups (broad SMARTS) is 1. The second kappa shape index (κ2) is 5.62. The van der Waals surface area contributed by atoms with Crippen molar-refractivity contribution in [3.05, 3.63) is 0 Å². The fourth-order valence-corrected chi connectivity index (χ4v) is 3.26. The van der Waals surface area contributed by atoms with E-state index in [1.54, 1.807) is 4.90 Å². The number of amides is 2. The molecule has 0 spiro atoms. The molecule has 1 saturated heterocycles. The van der Waals surface area contributed by atoms with Crippen molar-refractivity contribution < 1.29 is 14.7 Å². The summed E-state index contributed by atoms with van der Waals surface area (Å²) in [6.07, 6.45) is 5.97. The molecular formula is C15H26N2O3. The lowest BCUT2D eigenvalue weighted by molar-refractivity contribution is -0.144. The van der Waals surface area contributed by atoms with Gasteiger partial charge in [0.2, 0.25) is 0 Å². The molecule has 0 bridgehead atoms. The van der Waals surface area contributed by atoms with Crippen LogP contribution in [0.15, 0.2) is 0 Å². The van der Waals surface area contributed by atoms with E-state index in [-0.39, 0.29) is 6.03 Å². The topological polar surface area (TPSA) is 69.6 Å². The molecule has 1 aliphatic heterocycles. The van der Waals surface area contributed by atoms with Crippen molar-refractivity contribution in [2.24, 2.45) is 5.41 Å². The molecule has 20 heavy (non-hydrogen) atoms. The number of hydrogen-bond donors (Lipinski definition) is 2. The summed E-state index contributed by atoms with van der Waals surface area (Å²) in [5.41, 5.74) is -0.697. The van der Waals surface area contributed by atoms with Gasteiger partial charge in [0.15, 0.2) is 0 Å². The minimum absolute atomic E-state index is 0.201. The van der Waals surface area contributed by atoms with E-state index < -0.39 is 11.5 Å². The summed E-state index contributed by atoms with van der Waals surface area (Å²) in [5, 5.41) is 12.2. The normalized spacial score (nSPS) is 24.4. The summed E-state index contributed by atoms with van der Waals surface area (Å²) in [6.45, 7) is 5.91. The molecule has 2 fully saturated rings. The van der Waals surface area contributed by atoms with Gasteiger partial charge in [-0.1, -0.05) is 33.1 Å². The number of nitrogens with one attached hydrogen (secondary N) is 1. The van der Waals surface area contributed by atoms with Crippen molar-refractivity contribution in [3.63, 3.8) is 0 Å². The Morgan fingerprint density at radius 2 is 1.70 bits per heavy atom. The van der Waals surface area contributed by atoms with Crippen molar-refractivity contribution in [1.29, 1.82) is 0 Å². The highest BCUT2D eigenvalue weighted by molar-refractivity contribution is 5.86. The van der Waals surface area contributed by atoms with Gasteiger partial charge < -0.3 is 15.3 Å². The first kappa shape index (κ1) is 15.1. The summed E-state index contributed by atoms with van der Waals surface area (Å²) in [6, 6.07) is -0.201. The lowest BCUT2D eigenvalue weighted by atomic mass is 9.78. The predicted octanol–water partition coefficient (Wildman–Crippen LogP) is 2.61. The molecule has 2 N–H and O–H groups in total. The number of carbonyl (C=O) groups is 2. The maximum Gasteiger partial charge on any atom is 0.329 e. The second-order valence-electron chi connectivity index (χ2n) is 6.68. The van der Waals surface area contributed by atoms with Crippen molar-refractivity contribution in [1.82, 2.24) is 10.2 Å². The van der Waals surface area contributed by atoms with Gasteiger partial charge in [0.25, 0.3) is 0 Å². The molecule has 1 heterocycles.